The molecule has 0 atom stereocenters. The van der Waals surface area contributed by atoms with Gasteiger partial charge in [-0.15, -0.1) is 0 Å². The minimum atomic E-state index is -3.90. The molecule has 1 fully saturated rings. The van der Waals surface area contributed by atoms with Crippen LogP contribution in [0.1, 0.15) is 33.3 Å². The molecule has 0 saturated carbocycles. The van der Waals surface area contributed by atoms with Crippen LogP contribution < -0.4 is 4.72 Å². The second kappa shape index (κ2) is 8.45. The first-order valence-corrected chi connectivity index (χ1v) is 11.3. The molecule has 2 aromatic rings. The molecule has 0 aromatic heterocycles. The summed E-state index contributed by atoms with van der Waals surface area (Å²) in [5.74, 6) is 1.82. The van der Waals surface area contributed by atoms with E-state index in [4.69, 9.17) is 9.31 Å². The zero-order valence-corrected chi connectivity index (χ0v) is 18.7. The molecule has 1 N–H and O–H groups in total. The minimum Gasteiger partial charge on any atom is -0.400 e. The Kier molecular flexibility index (Phi) is 6.27. The summed E-state index contributed by atoms with van der Waals surface area (Å²) in [5, 5.41) is 10.8. The summed E-state index contributed by atoms with van der Waals surface area (Å²) in [6.07, 6.45) is 2.34. The number of rotatable bonds is 7. The van der Waals surface area contributed by atoms with Gasteiger partial charge in [0.25, 0.3) is 15.7 Å². The van der Waals surface area contributed by atoms with Gasteiger partial charge in [-0.2, -0.15) is 0 Å². The number of nitrogens with zero attached hydrogens (tertiary/aromatic N) is 1. The maximum Gasteiger partial charge on any atom is 0.486 e. The number of allylic oxidation sites excluding steroid dienone is 1. The van der Waals surface area contributed by atoms with Gasteiger partial charge in [0.05, 0.1) is 26.7 Å². The van der Waals surface area contributed by atoms with Gasteiger partial charge in [-0.25, -0.2) is 8.42 Å². The van der Waals surface area contributed by atoms with Gasteiger partial charge >= 0.3 is 7.12 Å². The number of hydrogen-bond acceptors (Lipinski definition) is 6. The molecule has 8 nitrogen and oxygen atoms in total. The van der Waals surface area contributed by atoms with Crippen molar-refractivity contribution in [2.45, 2.75) is 50.2 Å². The van der Waals surface area contributed by atoms with Crippen molar-refractivity contribution in [1.29, 1.82) is 0 Å². The van der Waals surface area contributed by atoms with Crippen molar-refractivity contribution < 1.29 is 22.6 Å². The van der Waals surface area contributed by atoms with Crippen LogP contribution in [0.2, 0.25) is 0 Å². The third-order valence-corrected chi connectivity index (χ3v) is 6.90. The van der Waals surface area contributed by atoms with Crippen LogP contribution in [-0.4, -0.2) is 31.7 Å². The number of nitrogens with one attached hydrogen (secondary N) is 1. The Morgan fingerprint density at radius 1 is 1.03 bits per heavy atom. The van der Waals surface area contributed by atoms with Gasteiger partial charge in [-0.1, -0.05) is 30.3 Å². The predicted molar refractivity (Wildman–Crippen MR) is 119 cm³/mol. The summed E-state index contributed by atoms with van der Waals surface area (Å²) >= 11 is 0. The number of benzene rings is 2. The molecule has 1 saturated heterocycles. The molecule has 164 valence electrons. The lowest BCUT2D eigenvalue weighted by atomic mass is 9.89. The van der Waals surface area contributed by atoms with Crippen molar-refractivity contribution in [2.24, 2.45) is 0 Å². The van der Waals surface area contributed by atoms with Gasteiger partial charge in [0, 0.05) is 12.1 Å². The highest BCUT2D eigenvalue weighted by Gasteiger charge is 2.49. The molecule has 31 heavy (non-hydrogen) atoms. The predicted octanol–water partition coefficient (Wildman–Crippen LogP) is 4.13. The Hall–Kier alpha value is -2.69. The maximum atomic E-state index is 12.7. The number of nitro groups is 1. The number of hydrogen-bond donors (Lipinski definition) is 1. The monoisotopic (exact) mass is 444 g/mol. The highest BCUT2D eigenvalue weighted by molar-refractivity contribution is 7.92. The SMILES string of the molecule is CC1(C)OB(/C=C/Cc2ccccc2NS(=O)(=O)c2ccc([N+](=O)[O-])cc2)OC1(C)C. The third-order valence-electron chi connectivity index (χ3n) is 5.52. The van der Waals surface area contributed by atoms with Gasteiger partial charge in [0.2, 0.25) is 0 Å². The van der Waals surface area contributed by atoms with E-state index in [1.807, 2.05) is 51.9 Å². The minimum absolute atomic E-state index is 0.0549. The van der Waals surface area contributed by atoms with E-state index in [0.717, 1.165) is 17.7 Å². The second-order valence-electron chi connectivity index (χ2n) is 8.27. The Balaban J connectivity index is 1.73. The van der Waals surface area contributed by atoms with Crippen LogP contribution in [0.4, 0.5) is 11.4 Å². The standard InChI is InChI=1S/C21H25BN2O6S/c1-20(2)21(3,4)30-22(29-20)15-7-9-16-8-5-6-10-19(16)23-31(27,28)18-13-11-17(12-14-18)24(25)26/h5-8,10-15,23H,9H2,1-4H3/b15-7+. The Labute approximate surface area is 182 Å². The molecular weight excluding hydrogens is 419 g/mol. The molecule has 0 aliphatic carbocycles. The Morgan fingerprint density at radius 3 is 2.19 bits per heavy atom. The molecule has 0 radical (unpaired) electrons. The van der Waals surface area contributed by atoms with E-state index in [-0.39, 0.29) is 10.6 Å². The topological polar surface area (TPSA) is 108 Å². The first kappa shape index (κ1) is 23.0. The van der Waals surface area contributed by atoms with Crippen LogP contribution in [-0.2, 0) is 25.8 Å². The smallest absolute Gasteiger partial charge is 0.400 e. The van der Waals surface area contributed by atoms with E-state index >= 15 is 0 Å². The van der Waals surface area contributed by atoms with E-state index in [2.05, 4.69) is 4.72 Å². The van der Waals surface area contributed by atoms with Crippen molar-refractivity contribution >= 4 is 28.5 Å². The zero-order valence-electron chi connectivity index (χ0n) is 17.9. The second-order valence-corrected chi connectivity index (χ2v) is 9.95. The molecule has 0 bridgehead atoms. The fourth-order valence-electron chi connectivity index (χ4n) is 3.02. The molecule has 0 amide bonds. The molecule has 1 aliphatic rings. The summed E-state index contributed by atoms with van der Waals surface area (Å²) in [6, 6.07) is 11.8. The van der Waals surface area contributed by atoms with E-state index in [1.54, 1.807) is 12.1 Å². The van der Waals surface area contributed by atoms with Crippen LogP contribution >= 0.6 is 0 Å². The molecule has 2 aromatic carbocycles. The summed E-state index contributed by atoms with van der Waals surface area (Å²) < 4.78 is 39.9. The van der Waals surface area contributed by atoms with Crippen LogP contribution in [0.25, 0.3) is 0 Å². The number of sulfonamides is 1. The lowest BCUT2D eigenvalue weighted by Crippen LogP contribution is -2.41. The zero-order chi connectivity index (χ0) is 22.9. The van der Waals surface area contributed by atoms with Crippen molar-refractivity contribution in [1.82, 2.24) is 0 Å². The summed E-state index contributed by atoms with van der Waals surface area (Å²) in [6.45, 7) is 7.90. The van der Waals surface area contributed by atoms with Crippen molar-refractivity contribution in [2.75, 3.05) is 4.72 Å². The Morgan fingerprint density at radius 2 is 1.61 bits per heavy atom. The molecule has 0 unspecified atom stereocenters. The number of anilines is 1. The number of nitro benzene ring substituents is 1. The van der Waals surface area contributed by atoms with Crippen LogP contribution in [0.3, 0.4) is 0 Å². The molecule has 10 heteroatoms. The van der Waals surface area contributed by atoms with Crippen molar-refractivity contribution in [3.8, 4) is 0 Å². The average Bonchev–Trinajstić information content (AvgIpc) is 2.89. The average molecular weight is 444 g/mol. The fraction of sp³-hybridized carbons (Fsp3) is 0.333. The largest absolute Gasteiger partial charge is 0.486 e. The van der Waals surface area contributed by atoms with Crippen molar-refractivity contribution in [3.05, 3.63) is 76.3 Å². The van der Waals surface area contributed by atoms with Gasteiger partial charge in [0.1, 0.15) is 0 Å². The summed E-state index contributed by atoms with van der Waals surface area (Å²) in [4.78, 5) is 10.1. The fourth-order valence-corrected chi connectivity index (χ4v) is 4.12. The first-order chi connectivity index (χ1) is 14.4. The van der Waals surface area contributed by atoms with Crippen LogP contribution in [0, 0.1) is 10.1 Å². The highest BCUT2D eigenvalue weighted by atomic mass is 32.2. The highest BCUT2D eigenvalue weighted by Crippen LogP contribution is 2.37. The lowest BCUT2D eigenvalue weighted by molar-refractivity contribution is -0.384. The Bertz CT molecular complexity index is 1080. The van der Waals surface area contributed by atoms with E-state index in [1.165, 1.54) is 12.1 Å². The van der Waals surface area contributed by atoms with E-state index < -0.39 is 33.3 Å². The van der Waals surface area contributed by atoms with E-state index in [9.17, 15) is 18.5 Å². The van der Waals surface area contributed by atoms with Crippen molar-refractivity contribution in [3.63, 3.8) is 0 Å². The molecule has 1 aliphatic heterocycles. The summed E-state index contributed by atoms with van der Waals surface area (Å²) in [7, 11) is -4.37. The molecule has 3 rings (SSSR count). The van der Waals surface area contributed by atoms with Gasteiger partial charge in [0.15, 0.2) is 0 Å². The summed E-state index contributed by atoms with van der Waals surface area (Å²) in [5.41, 5.74) is 0.160. The maximum absolute atomic E-state index is 12.7. The number of non-ortho nitro benzene ring substituents is 1. The van der Waals surface area contributed by atoms with Gasteiger partial charge in [-0.3, -0.25) is 14.8 Å². The van der Waals surface area contributed by atoms with E-state index in [0.29, 0.717) is 12.1 Å². The van der Waals surface area contributed by atoms with Gasteiger partial charge in [-0.05, 0) is 57.9 Å². The van der Waals surface area contributed by atoms with Crippen LogP contribution in [0.15, 0.2) is 65.5 Å². The molecule has 0 spiro atoms. The normalized spacial score (nSPS) is 17.7. The quantitative estimate of drug-likeness (QED) is 0.391. The molecule has 1 heterocycles. The lowest BCUT2D eigenvalue weighted by Gasteiger charge is -2.32. The molecular formula is C21H25BN2O6S. The van der Waals surface area contributed by atoms with Gasteiger partial charge < -0.3 is 9.31 Å². The first-order valence-electron chi connectivity index (χ1n) is 9.79. The van der Waals surface area contributed by atoms with Crippen LogP contribution in [0.5, 0.6) is 0 Å². The number of para-hydroxylation sites is 1. The third kappa shape index (κ3) is 5.15.